The van der Waals surface area contributed by atoms with Crippen LogP contribution in [0.25, 0.3) is 0 Å². The highest BCUT2D eigenvalue weighted by molar-refractivity contribution is 5.90. The normalized spacial score (nSPS) is 8.36. The van der Waals surface area contributed by atoms with Crippen LogP contribution >= 0.6 is 0 Å². The van der Waals surface area contributed by atoms with E-state index in [9.17, 15) is 9.59 Å². The first-order chi connectivity index (χ1) is 5.18. The third kappa shape index (κ3) is 8.88. The lowest BCUT2D eigenvalue weighted by atomic mass is 10.5. The summed E-state index contributed by atoms with van der Waals surface area (Å²) in [6.45, 7) is 4.00. The third-order valence-corrected chi connectivity index (χ3v) is 0.758. The average molecular weight is 157 g/mol. The Morgan fingerprint density at radius 2 is 1.73 bits per heavy atom. The smallest absolute Gasteiger partial charge is 0.246 e. The molecule has 0 heterocycles. The summed E-state index contributed by atoms with van der Waals surface area (Å²) in [6.07, 6.45) is 2.96. The van der Waals surface area contributed by atoms with Crippen molar-refractivity contribution < 1.29 is 9.59 Å². The zero-order valence-corrected chi connectivity index (χ0v) is 7.50. The molecule has 0 unspecified atom stereocenters. The van der Waals surface area contributed by atoms with E-state index in [1.807, 2.05) is 13.8 Å². The fraction of sp³-hybridized carbons (Fsp3) is 0.500. The van der Waals surface area contributed by atoms with Crippen LogP contribution in [0.2, 0.25) is 0 Å². The second kappa shape index (κ2) is 8.88. The molecule has 0 aliphatic carbocycles. The number of nitrogens with zero attached hydrogens (tertiary/aromatic N) is 1. The summed E-state index contributed by atoms with van der Waals surface area (Å²) in [4.78, 5) is 21.6. The number of allylic oxidation sites excluding steroid dienone is 1. The quantitative estimate of drug-likeness (QED) is 0.440. The first-order valence-corrected chi connectivity index (χ1v) is 3.51. The van der Waals surface area contributed by atoms with Gasteiger partial charge in [-0.25, -0.2) is 0 Å². The molecule has 11 heavy (non-hydrogen) atoms. The van der Waals surface area contributed by atoms with Gasteiger partial charge in [-0.2, -0.15) is 0 Å². The molecule has 0 spiro atoms. The second-order valence-corrected chi connectivity index (χ2v) is 1.73. The van der Waals surface area contributed by atoms with E-state index < -0.39 is 0 Å². The average Bonchev–Trinajstić information content (AvgIpc) is 2.03. The van der Waals surface area contributed by atoms with Gasteiger partial charge in [0.2, 0.25) is 5.91 Å². The maximum Gasteiger partial charge on any atom is 0.246 e. The van der Waals surface area contributed by atoms with E-state index in [2.05, 4.69) is 0 Å². The predicted molar refractivity (Wildman–Crippen MR) is 45.2 cm³/mol. The molecule has 0 aromatic carbocycles. The summed E-state index contributed by atoms with van der Waals surface area (Å²) in [5.74, 6) is -0.179. The number of carbonyl (C=O) groups excluding carboxylic acids is 2. The molecule has 0 radical (unpaired) electrons. The molecular formula is C8H15NO2. The first kappa shape index (κ1) is 12.5. The summed E-state index contributed by atoms with van der Waals surface area (Å²) in [6, 6.07) is 0. The fourth-order valence-corrected chi connectivity index (χ4v) is 0.271. The monoisotopic (exact) mass is 157 g/mol. The maximum atomic E-state index is 10.6. The van der Waals surface area contributed by atoms with Crippen LogP contribution < -0.4 is 0 Å². The van der Waals surface area contributed by atoms with Crippen LogP contribution in [0.3, 0.4) is 0 Å². The molecule has 0 rings (SSSR count). The SMILES string of the molecule is CC.CN(C)C(=O)/C=C\C=O. The van der Waals surface area contributed by atoms with E-state index in [0.717, 1.165) is 0 Å². The zero-order valence-electron chi connectivity index (χ0n) is 7.50. The van der Waals surface area contributed by atoms with Crippen LogP contribution in [0.5, 0.6) is 0 Å². The molecule has 0 aliphatic heterocycles. The van der Waals surface area contributed by atoms with E-state index in [0.29, 0.717) is 6.29 Å². The van der Waals surface area contributed by atoms with Gasteiger partial charge in [0, 0.05) is 20.2 Å². The van der Waals surface area contributed by atoms with Crippen molar-refractivity contribution in [2.75, 3.05) is 14.1 Å². The predicted octanol–water partition coefficient (Wildman–Crippen LogP) is 0.856. The molecule has 1 amide bonds. The molecule has 0 fully saturated rings. The van der Waals surface area contributed by atoms with Crippen LogP contribution in [0.1, 0.15) is 13.8 Å². The minimum Gasteiger partial charge on any atom is -0.345 e. The summed E-state index contributed by atoms with van der Waals surface area (Å²) in [5, 5.41) is 0. The van der Waals surface area contributed by atoms with E-state index in [-0.39, 0.29) is 5.91 Å². The fourth-order valence-electron chi connectivity index (χ4n) is 0.271. The topological polar surface area (TPSA) is 37.4 Å². The first-order valence-electron chi connectivity index (χ1n) is 3.51. The highest BCUT2D eigenvalue weighted by Gasteiger charge is 1.93. The van der Waals surface area contributed by atoms with Crippen LogP contribution in [-0.4, -0.2) is 31.2 Å². The van der Waals surface area contributed by atoms with Crippen LogP contribution in [0, 0.1) is 0 Å². The van der Waals surface area contributed by atoms with Gasteiger partial charge in [0.25, 0.3) is 0 Å². The maximum absolute atomic E-state index is 10.6. The Morgan fingerprint density at radius 3 is 2.00 bits per heavy atom. The third-order valence-electron chi connectivity index (χ3n) is 0.758. The van der Waals surface area contributed by atoms with Crippen molar-refractivity contribution in [1.82, 2.24) is 4.90 Å². The summed E-state index contributed by atoms with van der Waals surface area (Å²) < 4.78 is 0. The highest BCUT2D eigenvalue weighted by atomic mass is 16.2. The zero-order chi connectivity index (χ0) is 9.28. The van der Waals surface area contributed by atoms with Crippen molar-refractivity contribution in [2.45, 2.75) is 13.8 Å². The van der Waals surface area contributed by atoms with Gasteiger partial charge in [-0.05, 0) is 6.08 Å². The van der Waals surface area contributed by atoms with E-state index >= 15 is 0 Å². The number of aldehydes is 1. The molecule has 0 bridgehead atoms. The van der Waals surface area contributed by atoms with Gasteiger partial charge in [-0.1, -0.05) is 13.8 Å². The lowest BCUT2D eigenvalue weighted by Crippen LogP contribution is -2.18. The van der Waals surface area contributed by atoms with Crippen molar-refractivity contribution in [3.05, 3.63) is 12.2 Å². The lowest BCUT2D eigenvalue weighted by molar-refractivity contribution is -0.123. The molecule has 3 heteroatoms. The molecular weight excluding hydrogens is 142 g/mol. The Morgan fingerprint density at radius 1 is 1.27 bits per heavy atom. The molecule has 0 aliphatic rings. The van der Waals surface area contributed by atoms with Gasteiger partial charge >= 0.3 is 0 Å². The second-order valence-electron chi connectivity index (χ2n) is 1.73. The number of rotatable bonds is 2. The highest BCUT2D eigenvalue weighted by Crippen LogP contribution is 1.78. The Hall–Kier alpha value is -1.12. The molecule has 0 saturated heterocycles. The number of hydrogen-bond donors (Lipinski definition) is 0. The number of amides is 1. The van der Waals surface area contributed by atoms with Gasteiger partial charge in [-0.15, -0.1) is 0 Å². The summed E-state index contributed by atoms with van der Waals surface area (Å²) >= 11 is 0. The summed E-state index contributed by atoms with van der Waals surface area (Å²) in [5.41, 5.74) is 0. The van der Waals surface area contributed by atoms with Gasteiger partial charge in [0.15, 0.2) is 0 Å². The van der Waals surface area contributed by atoms with Gasteiger partial charge in [0.1, 0.15) is 6.29 Å². The van der Waals surface area contributed by atoms with Gasteiger partial charge in [0.05, 0.1) is 0 Å². The largest absolute Gasteiger partial charge is 0.345 e. The van der Waals surface area contributed by atoms with E-state index in [1.165, 1.54) is 17.1 Å². The Kier molecular flexibility index (Phi) is 10.1. The Balaban J connectivity index is 0. The number of carbonyl (C=O) groups is 2. The van der Waals surface area contributed by atoms with E-state index in [4.69, 9.17) is 0 Å². The molecule has 0 aromatic rings. The minimum atomic E-state index is -0.179. The van der Waals surface area contributed by atoms with Crippen LogP contribution in [0.4, 0.5) is 0 Å². The minimum absolute atomic E-state index is 0.179. The van der Waals surface area contributed by atoms with Gasteiger partial charge < -0.3 is 4.90 Å². The molecule has 0 saturated carbocycles. The van der Waals surface area contributed by atoms with Crippen molar-refractivity contribution in [1.29, 1.82) is 0 Å². The molecule has 0 aromatic heterocycles. The Labute approximate surface area is 67.7 Å². The molecule has 0 atom stereocenters. The standard InChI is InChI=1S/C6H9NO2.C2H6/c1-7(2)6(9)4-3-5-8;1-2/h3-5H,1-2H3;1-2H3/b4-3-;. The summed E-state index contributed by atoms with van der Waals surface area (Å²) in [7, 11) is 3.24. The van der Waals surface area contributed by atoms with Crippen LogP contribution in [0.15, 0.2) is 12.2 Å². The van der Waals surface area contributed by atoms with Crippen molar-refractivity contribution in [3.63, 3.8) is 0 Å². The van der Waals surface area contributed by atoms with E-state index in [1.54, 1.807) is 14.1 Å². The number of hydrogen-bond acceptors (Lipinski definition) is 2. The van der Waals surface area contributed by atoms with Crippen molar-refractivity contribution in [3.8, 4) is 0 Å². The molecule has 0 N–H and O–H groups in total. The van der Waals surface area contributed by atoms with Gasteiger partial charge in [-0.3, -0.25) is 9.59 Å². The lowest BCUT2D eigenvalue weighted by Gasteiger charge is -2.03. The number of likely N-dealkylation sites (N-methyl/N-ethyl adjacent to an activating group) is 1. The van der Waals surface area contributed by atoms with Crippen LogP contribution in [-0.2, 0) is 9.59 Å². The van der Waals surface area contributed by atoms with Crippen molar-refractivity contribution in [2.24, 2.45) is 0 Å². The molecule has 3 nitrogen and oxygen atoms in total. The molecule has 64 valence electrons. The van der Waals surface area contributed by atoms with Crippen molar-refractivity contribution >= 4 is 12.2 Å². The Bertz CT molecular complexity index is 139.